The SMILES string of the molecule is COC(=O)C=C1CC2CCN(CC2)C1. The van der Waals surface area contributed by atoms with E-state index in [0.29, 0.717) is 0 Å². The van der Waals surface area contributed by atoms with Crippen LogP contribution in [0.1, 0.15) is 19.3 Å². The molecule has 0 aliphatic carbocycles. The Bertz CT molecular complexity index is 236. The molecule has 3 fully saturated rings. The molecule has 0 saturated carbocycles. The van der Waals surface area contributed by atoms with Gasteiger partial charge in [-0.15, -0.1) is 0 Å². The van der Waals surface area contributed by atoms with Crippen molar-refractivity contribution in [2.75, 3.05) is 26.7 Å². The van der Waals surface area contributed by atoms with Crippen LogP contribution in [0.3, 0.4) is 0 Å². The van der Waals surface area contributed by atoms with E-state index >= 15 is 0 Å². The van der Waals surface area contributed by atoms with Gasteiger partial charge in [-0.1, -0.05) is 0 Å². The highest BCUT2D eigenvalue weighted by Gasteiger charge is 2.25. The third kappa shape index (κ3) is 2.15. The van der Waals surface area contributed by atoms with Gasteiger partial charge in [-0.2, -0.15) is 0 Å². The summed E-state index contributed by atoms with van der Waals surface area (Å²) in [5, 5.41) is 0. The zero-order valence-electron chi connectivity index (χ0n) is 8.66. The van der Waals surface area contributed by atoms with Gasteiger partial charge in [-0.3, -0.25) is 4.90 Å². The minimum Gasteiger partial charge on any atom is -0.466 e. The summed E-state index contributed by atoms with van der Waals surface area (Å²) >= 11 is 0. The van der Waals surface area contributed by atoms with Crippen LogP contribution in [0.4, 0.5) is 0 Å². The molecule has 0 aromatic heterocycles. The molecule has 3 heteroatoms. The van der Waals surface area contributed by atoms with Crippen molar-refractivity contribution >= 4 is 5.97 Å². The van der Waals surface area contributed by atoms with Crippen molar-refractivity contribution in [1.29, 1.82) is 0 Å². The third-order valence-electron chi connectivity index (χ3n) is 3.21. The molecule has 0 amide bonds. The number of ether oxygens (including phenoxy) is 1. The molecule has 0 radical (unpaired) electrons. The zero-order valence-corrected chi connectivity index (χ0v) is 8.66. The number of piperidine rings is 1. The summed E-state index contributed by atoms with van der Waals surface area (Å²) in [6.07, 6.45) is 5.35. The molecule has 0 spiro atoms. The lowest BCUT2D eigenvalue weighted by Gasteiger charge is -2.25. The molecular weight excluding hydrogens is 178 g/mol. The number of nitrogens with zero attached hydrogens (tertiary/aromatic N) is 1. The van der Waals surface area contributed by atoms with Crippen LogP contribution >= 0.6 is 0 Å². The Morgan fingerprint density at radius 1 is 1.50 bits per heavy atom. The minimum absolute atomic E-state index is 0.206. The molecule has 3 saturated heterocycles. The smallest absolute Gasteiger partial charge is 0.330 e. The Hall–Kier alpha value is -0.830. The third-order valence-corrected chi connectivity index (χ3v) is 3.21. The predicted molar refractivity (Wildman–Crippen MR) is 53.9 cm³/mol. The van der Waals surface area contributed by atoms with Gasteiger partial charge in [0.15, 0.2) is 0 Å². The Balaban J connectivity index is 2.07. The second-order valence-corrected chi connectivity index (χ2v) is 4.25. The van der Waals surface area contributed by atoms with E-state index in [1.54, 1.807) is 6.08 Å². The van der Waals surface area contributed by atoms with E-state index in [4.69, 9.17) is 0 Å². The van der Waals surface area contributed by atoms with Gasteiger partial charge in [0.25, 0.3) is 0 Å². The summed E-state index contributed by atoms with van der Waals surface area (Å²) in [6.45, 7) is 3.36. The van der Waals surface area contributed by atoms with Crippen molar-refractivity contribution in [3.05, 3.63) is 11.6 Å². The average molecular weight is 195 g/mol. The second kappa shape index (κ2) is 4.13. The molecule has 0 unspecified atom stereocenters. The fraction of sp³-hybridized carbons (Fsp3) is 0.727. The second-order valence-electron chi connectivity index (χ2n) is 4.25. The van der Waals surface area contributed by atoms with E-state index < -0.39 is 0 Å². The summed E-state index contributed by atoms with van der Waals surface area (Å²) in [5.74, 6) is 0.590. The first-order valence-electron chi connectivity index (χ1n) is 5.27. The number of methoxy groups -OCH3 is 1. The van der Waals surface area contributed by atoms with Crippen molar-refractivity contribution in [1.82, 2.24) is 4.90 Å². The molecule has 0 aromatic rings. The fourth-order valence-corrected chi connectivity index (χ4v) is 2.40. The van der Waals surface area contributed by atoms with Crippen LogP contribution in [-0.4, -0.2) is 37.6 Å². The number of hydrogen-bond acceptors (Lipinski definition) is 3. The Morgan fingerprint density at radius 3 is 2.86 bits per heavy atom. The van der Waals surface area contributed by atoms with Gasteiger partial charge >= 0.3 is 5.97 Å². The summed E-state index contributed by atoms with van der Waals surface area (Å²) in [4.78, 5) is 13.5. The summed E-state index contributed by atoms with van der Waals surface area (Å²) in [7, 11) is 1.44. The van der Waals surface area contributed by atoms with Crippen molar-refractivity contribution in [2.24, 2.45) is 5.92 Å². The van der Waals surface area contributed by atoms with Crippen LogP contribution in [0.5, 0.6) is 0 Å². The first-order chi connectivity index (χ1) is 6.78. The van der Waals surface area contributed by atoms with Crippen molar-refractivity contribution < 1.29 is 9.53 Å². The van der Waals surface area contributed by atoms with Crippen molar-refractivity contribution in [2.45, 2.75) is 19.3 Å². The van der Waals surface area contributed by atoms with Gasteiger partial charge in [0.05, 0.1) is 7.11 Å². The van der Waals surface area contributed by atoms with Gasteiger partial charge in [0, 0.05) is 12.6 Å². The lowest BCUT2D eigenvalue weighted by atomic mass is 9.94. The Labute approximate surface area is 84.7 Å². The van der Waals surface area contributed by atoms with E-state index in [0.717, 1.165) is 18.9 Å². The monoisotopic (exact) mass is 195 g/mol. The van der Waals surface area contributed by atoms with E-state index in [1.165, 1.54) is 38.6 Å². The van der Waals surface area contributed by atoms with Gasteiger partial charge in [0.2, 0.25) is 0 Å². The van der Waals surface area contributed by atoms with Gasteiger partial charge in [-0.05, 0) is 43.8 Å². The normalized spacial score (nSPS) is 34.2. The number of esters is 1. The standard InChI is InChI=1S/C11H17NO2/c1-14-11(13)7-10-6-9-2-4-12(8-10)5-3-9/h7,9H,2-6,8H2,1H3. The first-order valence-corrected chi connectivity index (χ1v) is 5.27. The van der Waals surface area contributed by atoms with Gasteiger partial charge in [-0.25, -0.2) is 4.79 Å². The maximum Gasteiger partial charge on any atom is 0.330 e. The first kappa shape index (κ1) is 9.71. The Morgan fingerprint density at radius 2 is 2.21 bits per heavy atom. The molecule has 3 nitrogen and oxygen atoms in total. The maximum atomic E-state index is 11.1. The highest BCUT2D eigenvalue weighted by molar-refractivity contribution is 5.82. The topological polar surface area (TPSA) is 29.5 Å². The van der Waals surface area contributed by atoms with Crippen LogP contribution in [0.15, 0.2) is 11.6 Å². The summed E-state index contributed by atoms with van der Waals surface area (Å²) < 4.78 is 4.65. The van der Waals surface area contributed by atoms with E-state index in [1.807, 2.05) is 0 Å². The number of carbonyl (C=O) groups excluding carboxylic acids is 1. The average Bonchev–Trinajstić information content (AvgIpc) is 2.49. The zero-order chi connectivity index (χ0) is 9.97. The highest BCUT2D eigenvalue weighted by Crippen LogP contribution is 2.29. The molecule has 2 bridgehead atoms. The van der Waals surface area contributed by atoms with Crippen LogP contribution in [0, 0.1) is 5.92 Å². The molecule has 0 atom stereocenters. The van der Waals surface area contributed by atoms with Crippen LogP contribution < -0.4 is 0 Å². The molecule has 3 aliphatic rings. The Kier molecular flexibility index (Phi) is 2.87. The van der Waals surface area contributed by atoms with Gasteiger partial charge < -0.3 is 4.74 Å². The molecule has 14 heavy (non-hydrogen) atoms. The summed E-state index contributed by atoms with van der Waals surface area (Å²) in [5.41, 5.74) is 1.25. The highest BCUT2D eigenvalue weighted by atomic mass is 16.5. The predicted octanol–water partition coefficient (Wildman–Crippen LogP) is 1.20. The van der Waals surface area contributed by atoms with Crippen LogP contribution in [0.25, 0.3) is 0 Å². The fourth-order valence-electron chi connectivity index (χ4n) is 2.40. The van der Waals surface area contributed by atoms with Crippen molar-refractivity contribution in [3.8, 4) is 0 Å². The van der Waals surface area contributed by atoms with E-state index in [2.05, 4.69) is 9.64 Å². The molecule has 3 aliphatic heterocycles. The molecule has 0 aromatic carbocycles. The molecule has 0 N–H and O–H groups in total. The quantitative estimate of drug-likeness (QED) is 0.465. The summed E-state index contributed by atoms with van der Waals surface area (Å²) in [6, 6.07) is 0. The maximum absolute atomic E-state index is 11.1. The minimum atomic E-state index is -0.206. The number of hydrogen-bond donors (Lipinski definition) is 0. The number of carbonyl (C=O) groups is 1. The van der Waals surface area contributed by atoms with E-state index in [9.17, 15) is 4.79 Å². The lowest BCUT2D eigenvalue weighted by Crippen LogP contribution is -2.30. The number of rotatable bonds is 1. The molecule has 78 valence electrons. The molecule has 3 heterocycles. The molecule has 3 rings (SSSR count). The number of fused-ring (bicyclic) bond motifs is 4. The molecular formula is C11H17NO2. The van der Waals surface area contributed by atoms with Crippen LogP contribution in [0.2, 0.25) is 0 Å². The largest absolute Gasteiger partial charge is 0.466 e. The van der Waals surface area contributed by atoms with Crippen molar-refractivity contribution in [3.63, 3.8) is 0 Å². The lowest BCUT2D eigenvalue weighted by molar-refractivity contribution is -0.134. The van der Waals surface area contributed by atoms with E-state index in [-0.39, 0.29) is 5.97 Å². The van der Waals surface area contributed by atoms with Crippen LogP contribution in [-0.2, 0) is 9.53 Å². The van der Waals surface area contributed by atoms with Gasteiger partial charge in [0.1, 0.15) is 0 Å².